The molecule has 0 radical (unpaired) electrons. The number of likely N-dealkylation sites (tertiary alicyclic amines) is 1. The minimum Gasteiger partial charge on any atom is -0.457 e. The summed E-state index contributed by atoms with van der Waals surface area (Å²) < 4.78 is 18.8. The van der Waals surface area contributed by atoms with Gasteiger partial charge in [-0.25, -0.2) is 4.39 Å². The van der Waals surface area contributed by atoms with E-state index in [2.05, 4.69) is 5.32 Å². The average Bonchev–Trinajstić information content (AvgIpc) is 2.62. The number of hydrogen-bond donors (Lipinski definition) is 1. The van der Waals surface area contributed by atoms with E-state index in [4.69, 9.17) is 4.74 Å². The highest BCUT2D eigenvalue weighted by molar-refractivity contribution is 5.94. The van der Waals surface area contributed by atoms with Crippen molar-refractivity contribution in [3.8, 4) is 11.5 Å². The van der Waals surface area contributed by atoms with Crippen molar-refractivity contribution < 1.29 is 13.9 Å². The van der Waals surface area contributed by atoms with Crippen molar-refractivity contribution in [2.75, 3.05) is 26.7 Å². The average molecular weight is 342 g/mol. The molecule has 2 aromatic carbocycles. The van der Waals surface area contributed by atoms with E-state index in [0.717, 1.165) is 32.5 Å². The number of carbonyl (C=O) groups excluding carboxylic acids is 1. The van der Waals surface area contributed by atoms with Gasteiger partial charge in [-0.15, -0.1) is 0 Å². The van der Waals surface area contributed by atoms with E-state index in [1.54, 1.807) is 36.4 Å². The maximum absolute atomic E-state index is 13.2. The number of halogens is 1. The molecule has 1 aliphatic rings. The van der Waals surface area contributed by atoms with Crippen molar-refractivity contribution in [1.82, 2.24) is 10.2 Å². The number of benzene rings is 2. The van der Waals surface area contributed by atoms with Crippen molar-refractivity contribution in [1.29, 1.82) is 0 Å². The first-order chi connectivity index (χ1) is 12.2. The van der Waals surface area contributed by atoms with Crippen LogP contribution in [0.3, 0.4) is 0 Å². The van der Waals surface area contributed by atoms with Crippen LogP contribution in [0.2, 0.25) is 0 Å². The van der Waals surface area contributed by atoms with Crippen LogP contribution in [-0.2, 0) is 0 Å². The Hall–Kier alpha value is -2.40. The fraction of sp³-hybridized carbons (Fsp3) is 0.350. The monoisotopic (exact) mass is 342 g/mol. The van der Waals surface area contributed by atoms with Gasteiger partial charge in [0.25, 0.3) is 5.91 Å². The summed E-state index contributed by atoms with van der Waals surface area (Å²) in [6, 6.07) is 13.0. The zero-order chi connectivity index (χ0) is 17.6. The molecule has 0 aliphatic carbocycles. The molecule has 1 amide bonds. The zero-order valence-electron chi connectivity index (χ0n) is 14.4. The largest absolute Gasteiger partial charge is 0.457 e. The minimum atomic E-state index is -0.342. The predicted octanol–water partition coefficient (Wildman–Crippen LogP) is 3.69. The first kappa shape index (κ1) is 17.4. The summed E-state index contributed by atoms with van der Waals surface area (Å²) in [5.41, 5.74) is 0.650. The highest BCUT2D eigenvalue weighted by Crippen LogP contribution is 2.23. The topological polar surface area (TPSA) is 41.6 Å². The molecule has 0 saturated carbocycles. The molecule has 4 nitrogen and oxygen atoms in total. The fourth-order valence-electron chi connectivity index (χ4n) is 3.22. The van der Waals surface area contributed by atoms with Crippen LogP contribution in [0.4, 0.5) is 4.39 Å². The first-order valence-electron chi connectivity index (χ1n) is 8.63. The van der Waals surface area contributed by atoms with Crippen LogP contribution in [0.25, 0.3) is 0 Å². The molecule has 0 spiro atoms. The van der Waals surface area contributed by atoms with Gasteiger partial charge in [0.05, 0.1) is 0 Å². The standard InChI is InChI=1S/C20H23FN2O2/c1-22-13-15-4-3-11-23(14-15)20(24)16-7-9-18(10-8-16)25-19-6-2-5-17(21)12-19/h2,5-10,12,15,22H,3-4,11,13-14H2,1H3/t15-/m1/s1. The van der Waals surface area contributed by atoms with Crippen LogP contribution in [0.1, 0.15) is 23.2 Å². The van der Waals surface area contributed by atoms with Gasteiger partial charge < -0.3 is 15.0 Å². The number of rotatable bonds is 5. The molecule has 1 aliphatic heterocycles. The fourth-order valence-corrected chi connectivity index (χ4v) is 3.22. The molecule has 3 rings (SSSR count). The van der Waals surface area contributed by atoms with Crippen molar-refractivity contribution >= 4 is 5.91 Å². The van der Waals surface area contributed by atoms with E-state index in [1.807, 2.05) is 11.9 Å². The SMILES string of the molecule is CNC[C@H]1CCCN(C(=O)c2ccc(Oc3cccc(F)c3)cc2)C1. The molecule has 0 aromatic heterocycles. The summed E-state index contributed by atoms with van der Waals surface area (Å²) in [7, 11) is 1.94. The molecule has 1 atom stereocenters. The summed E-state index contributed by atoms with van der Waals surface area (Å²) in [5.74, 6) is 1.24. The normalized spacial score (nSPS) is 17.4. The second kappa shape index (κ2) is 8.12. The summed E-state index contributed by atoms with van der Waals surface area (Å²) in [6.07, 6.45) is 2.20. The van der Waals surface area contributed by atoms with Crippen LogP contribution < -0.4 is 10.1 Å². The molecule has 0 unspecified atom stereocenters. The van der Waals surface area contributed by atoms with E-state index in [9.17, 15) is 9.18 Å². The number of nitrogens with zero attached hydrogens (tertiary/aromatic N) is 1. The zero-order valence-corrected chi connectivity index (χ0v) is 14.4. The molecule has 132 valence electrons. The van der Waals surface area contributed by atoms with Gasteiger partial charge in [-0.05, 0) is 68.8 Å². The Labute approximate surface area is 147 Å². The van der Waals surface area contributed by atoms with Gasteiger partial charge in [0, 0.05) is 24.7 Å². The highest BCUT2D eigenvalue weighted by atomic mass is 19.1. The Kier molecular flexibility index (Phi) is 5.66. The van der Waals surface area contributed by atoms with E-state index >= 15 is 0 Å². The third kappa shape index (κ3) is 4.57. The second-order valence-electron chi connectivity index (χ2n) is 6.40. The van der Waals surface area contributed by atoms with Gasteiger partial charge in [-0.3, -0.25) is 4.79 Å². The number of amides is 1. The summed E-state index contributed by atoms with van der Waals surface area (Å²) >= 11 is 0. The van der Waals surface area contributed by atoms with Crippen molar-refractivity contribution in [2.24, 2.45) is 5.92 Å². The molecule has 1 heterocycles. The molecule has 1 fully saturated rings. The van der Waals surface area contributed by atoms with Gasteiger partial charge in [-0.1, -0.05) is 6.07 Å². The molecule has 1 saturated heterocycles. The lowest BCUT2D eigenvalue weighted by Gasteiger charge is -2.32. The highest BCUT2D eigenvalue weighted by Gasteiger charge is 2.24. The van der Waals surface area contributed by atoms with Gasteiger partial charge in [-0.2, -0.15) is 0 Å². The Balaban J connectivity index is 1.64. The van der Waals surface area contributed by atoms with Gasteiger partial charge in [0.1, 0.15) is 17.3 Å². The maximum atomic E-state index is 13.2. The van der Waals surface area contributed by atoms with Crippen LogP contribution in [0, 0.1) is 11.7 Å². The second-order valence-corrected chi connectivity index (χ2v) is 6.40. The summed E-state index contributed by atoms with van der Waals surface area (Å²) in [5, 5.41) is 3.19. The molecular formula is C20H23FN2O2. The van der Waals surface area contributed by atoms with Crippen LogP contribution >= 0.6 is 0 Å². The van der Waals surface area contributed by atoms with E-state index in [-0.39, 0.29) is 11.7 Å². The van der Waals surface area contributed by atoms with Crippen molar-refractivity contribution in [3.63, 3.8) is 0 Å². The number of ether oxygens (including phenoxy) is 1. The van der Waals surface area contributed by atoms with Crippen LogP contribution in [0.5, 0.6) is 11.5 Å². The lowest BCUT2D eigenvalue weighted by molar-refractivity contribution is 0.0674. The van der Waals surface area contributed by atoms with Gasteiger partial charge in [0.2, 0.25) is 0 Å². The number of carbonyl (C=O) groups is 1. The Morgan fingerprint density at radius 3 is 2.76 bits per heavy atom. The van der Waals surface area contributed by atoms with E-state index < -0.39 is 0 Å². The Morgan fingerprint density at radius 2 is 2.04 bits per heavy atom. The Bertz CT molecular complexity index is 716. The first-order valence-corrected chi connectivity index (χ1v) is 8.63. The lowest BCUT2D eigenvalue weighted by Crippen LogP contribution is -2.42. The lowest BCUT2D eigenvalue weighted by atomic mass is 9.97. The van der Waals surface area contributed by atoms with Crippen molar-refractivity contribution in [2.45, 2.75) is 12.8 Å². The molecule has 0 bridgehead atoms. The third-order valence-corrected chi connectivity index (χ3v) is 4.43. The summed E-state index contributed by atoms with van der Waals surface area (Å²) in [6.45, 7) is 2.53. The molecule has 25 heavy (non-hydrogen) atoms. The van der Waals surface area contributed by atoms with Gasteiger partial charge >= 0.3 is 0 Å². The molecular weight excluding hydrogens is 319 g/mol. The van der Waals surface area contributed by atoms with Crippen molar-refractivity contribution in [3.05, 3.63) is 59.9 Å². The third-order valence-electron chi connectivity index (χ3n) is 4.43. The van der Waals surface area contributed by atoms with E-state index in [0.29, 0.717) is 23.0 Å². The smallest absolute Gasteiger partial charge is 0.253 e. The minimum absolute atomic E-state index is 0.0538. The van der Waals surface area contributed by atoms with Gasteiger partial charge in [0.15, 0.2) is 0 Å². The van der Waals surface area contributed by atoms with Crippen LogP contribution in [0.15, 0.2) is 48.5 Å². The van der Waals surface area contributed by atoms with Crippen LogP contribution in [-0.4, -0.2) is 37.5 Å². The number of piperidine rings is 1. The molecule has 1 N–H and O–H groups in total. The number of hydrogen-bond acceptors (Lipinski definition) is 3. The Morgan fingerprint density at radius 1 is 1.24 bits per heavy atom. The maximum Gasteiger partial charge on any atom is 0.253 e. The van der Waals surface area contributed by atoms with E-state index in [1.165, 1.54) is 12.1 Å². The molecule has 2 aromatic rings. The predicted molar refractivity (Wildman–Crippen MR) is 95.5 cm³/mol. The quantitative estimate of drug-likeness (QED) is 0.901. The summed E-state index contributed by atoms with van der Waals surface area (Å²) in [4.78, 5) is 14.6. The molecule has 5 heteroatoms. The number of nitrogens with one attached hydrogen (secondary N) is 1.